The van der Waals surface area contributed by atoms with Crippen molar-refractivity contribution in [2.24, 2.45) is 7.05 Å². The van der Waals surface area contributed by atoms with Gasteiger partial charge in [-0.25, -0.2) is 4.39 Å². The van der Waals surface area contributed by atoms with Crippen LogP contribution in [0.25, 0.3) is 0 Å². The summed E-state index contributed by atoms with van der Waals surface area (Å²) < 4.78 is 15.9. The van der Waals surface area contributed by atoms with Crippen molar-refractivity contribution in [1.82, 2.24) is 15.2 Å². The highest BCUT2D eigenvalue weighted by molar-refractivity contribution is 7.99. The second kappa shape index (κ2) is 12.5. The predicted molar refractivity (Wildman–Crippen MR) is 157 cm³/mol. The van der Waals surface area contributed by atoms with Gasteiger partial charge in [0.15, 0.2) is 0 Å². The van der Waals surface area contributed by atoms with E-state index in [1.807, 2.05) is 39.2 Å². The van der Waals surface area contributed by atoms with Crippen LogP contribution in [0.3, 0.4) is 0 Å². The van der Waals surface area contributed by atoms with Crippen LogP contribution in [-0.4, -0.2) is 42.0 Å². The number of carbonyl (C=O) groups excluding carboxylic acids is 1. The van der Waals surface area contributed by atoms with Gasteiger partial charge >= 0.3 is 0 Å². The number of nitrogens with zero attached hydrogens (tertiary/aromatic N) is 1. The van der Waals surface area contributed by atoms with Gasteiger partial charge in [-0.15, -0.1) is 0 Å². The van der Waals surface area contributed by atoms with Gasteiger partial charge in [0, 0.05) is 70.4 Å². The average Bonchev–Trinajstić information content (AvgIpc) is 3.87. The van der Waals surface area contributed by atoms with E-state index in [0.717, 1.165) is 52.5 Å². The second-order valence-corrected chi connectivity index (χ2v) is 11.0. The van der Waals surface area contributed by atoms with Gasteiger partial charge in [-0.1, -0.05) is 30.0 Å². The molecule has 0 saturated heterocycles. The minimum atomic E-state index is -0.571. The maximum absolute atomic E-state index is 14.1. The molecular formula is C29H36FN7OS. The summed E-state index contributed by atoms with van der Waals surface area (Å²) in [6.07, 6.45) is 7.37. The molecule has 2 aromatic carbocycles. The molecule has 1 amide bonds. The van der Waals surface area contributed by atoms with E-state index < -0.39 is 5.82 Å². The van der Waals surface area contributed by atoms with Crippen LogP contribution >= 0.6 is 11.8 Å². The summed E-state index contributed by atoms with van der Waals surface area (Å²) in [7, 11) is 3.83. The van der Waals surface area contributed by atoms with E-state index in [9.17, 15) is 9.18 Å². The van der Waals surface area contributed by atoms with Crippen molar-refractivity contribution in [3.8, 4) is 0 Å². The summed E-state index contributed by atoms with van der Waals surface area (Å²) in [4.78, 5) is 14.5. The fraction of sp³-hybridized carbons (Fsp3) is 0.345. The van der Waals surface area contributed by atoms with Crippen molar-refractivity contribution in [3.05, 3.63) is 70.3 Å². The number of halogens is 1. The molecule has 0 spiro atoms. The molecule has 1 aromatic heterocycles. The molecule has 0 unspecified atom stereocenters. The number of nitrogens with two attached hydrogens (primary N) is 1. The van der Waals surface area contributed by atoms with E-state index in [1.165, 1.54) is 36.9 Å². The third kappa shape index (κ3) is 7.07. The van der Waals surface area contributed by atoms with Gasteiger partial charge in [0.2, 0.25) is 0 Å². The van der Waals surface area contributed by atoms with E-state index >= 15 is 0 Å². The third-order valence-corrected chi connectivity index (χ3v) is 8.03. The summed E-state index contributed by atoms with van der Waals surface area (Å²) in [6.45, 7) is 2.23. The first kappa shape index (κ1) is 28.4. The number of nitrogens with one attached hydrogen (secondary N) is 5. The molecule has 5 rings (SSSR count). The highest BCUT2D eigenvalue weighted by atomic mass is 32.2. The fourth-order valence-electron chi connectivity index (χ4n) is 4.04. The summed E-state index contributed by atoms with van der Waals surface area (Å²) in [5.74, 6) is -0.795. The van der Waals surface area contributed by atoms with Crippen LogP contribution in [0.5, 0.6) is 0 Å². The Morgan fingerprint density at radius 2 is 1.82 bits per heavy atom. The second-order valence-electron chi connectivity index (χ2n) is 9.88. The van der Waals surface area contributed by atoms with Crippen LogP contribution < -0.4 is 21.7 Å². The molecule has 0 aliphatic heterocycles. The lowest BCUT2D eigenvalue weighted by Crippen LogP contribution is -2.25. The normalized spacial score (nSPS) is 14.3. The lowest BCUT2D eigenvalue weighted by Gasteiger charge is -2.15. The Morgan fingerprint density at radius 1 is 1.13 bits per heavy atom. The van der Waals surface area contributed by atoms with Crippen molar-refractivity contribution < 1.29 is 9.18 Å². The average molecular weight is 550 g/mol. The Labute approximate surface area is 233 Å². The maximum Gasteiger partial charge on any atom is 0.268 e. The van der Waals surface area contributed by atoms with E-state index in [4.69, 9.17) is 16.6 Å². The van der Waals surface area contributed by atoms with Crippen molar-refractivity contribution in [2.45, 2.75) is 61.0 Å². The smallest absolute Gasteiger partial charge is 0.268 e. The molecule has 1 heterocycles. The number of hydrogen-bond acceptors (Lipinski definition) is 7. The molecule has 0 radical (unpaired) electrons. The van der Waals surface area contributed by atoms with Gasteiger partial charge in [0.25, 0.3) is 5.91 Å². The van der Waals surface area contributed by atoms with Crippen molar-refractivity contribution in [2.75, 3.05) is 18.1 Å². The SMILES string of the molecule is CNC1CC1.Cc1c(Sc2cc(F)c(N)c(C=N)c2)cc(C(=O)NCc2cccc(C=N)c2NC2CC2)n1C. The molecule has 8 nitrogen and oxygen atoms in total. The van der Waals surface area contributed by atoms with Gasteiger partial charge < -0.3 is 37.1 Å². The fourth-order valence-corrected chi connectivity index (χ4v) is 5.10. The number of amides is 1. The van der Waals surface area contributed by atoms with Gasteiger partial charge in [-0.05, 0) is 63.4 Å². The number of rotatable bonds is 10. The summed E-state index contributed by atoms with van der Waals surface area (Å²) in [6, 6.07) is 11.8. The van der Waals surface area contributed by atoms with E-state index in [-0.39, 0.29) is 11.6 Å². The van der Waals surface area contributed by atoms with Gasteiger partial charge in [-0.2, -0.15) is 0 Å². The topological polar surface area (TPSA) is 132 Å². The number of carbonyl (C=O) groups is 1. The lowest BCUT2D eigenvalue weighted by molar-refractivity contribution is 0.0942. The van der Waals surface area contributed by atoms with E-state index in [2.05, 4.69) is 16.0 Å². The molecule has 39 heavy (non-hydrogen) atoms. The van der Waals surface area contributed by atoms with Crippen LogP contribution in [0.2, 0.25) is 0 Å². The monoisotopic (exact) mass is 549 g/mol. The Balaban J connectivity index is 0.000000634. The highest BCUT2D eigenvalue weighted by Crippen LogP contribution is 2.35. The van der Waals surface area contributed by atoms with Gasteiger partial charge in [0.05, 0.1) is 5.69 Å². The molecule has 7 N–H and O–H groups in total. The third-order valence-electron chi connectivity index (χ3n) is 6.93. The van der Waals surface area contributed by atoms with Crippen LogP contribution in [0.15, 0.2) is 46.2 Å². The molecule has 0 atom stereocenters. The maximum atomic E-state index is 14.1. The van der Waals surface area contributed by atoms with Crippen molar-refractivity contribution in [1.29, 1.82) is 10.8 Å². The molecule has 2 aliphatic carbocycles. The predicted octanol–water partition coefficient (Wildman–Crippen LogP) is 5.07. The quantitative estimate of drug-likeness (QED) is 0.155. The first-order chi connectivity index (χ1) is 18.7. The lowest BCUT2D eigenvalue weighted by atomic mass is 10.1. The largest absolute Gasteiger partial charge is 0.396 e. The first-order valence-corrected chi connectivity index (χ1v) is 13.8. The van der Waals surface area contributed by atoms with Crippen LogP contribution in [0, 0.1) is 23.6 Å². The zero-order valence-corrected chi connectivity index (χ0v) is 23.3. The molecular weight excluding hydrogens is 513 g/mol. The van der Waals surface area contributed by atoms with Crippen LogP contribution in [0.4, 0.5) is 15.8 Å². The van der Waals surface area contributed by atoms with E-state index in [0.29, 0.717) is 28.7 Å². The summed E-state index contributed by atoms with van der Waals surface area (Å²) in [5, 5.41) is 24.7. The van der Waals surface area contributed by atoms with Crippen LogP contribution in [0.1, 0.15) is 58.6 Å². The zero-order valence-electron chi connectivity index (χ0n) is 22.5. The molecule has 3 aromatic rings. The Bertz CT molecular complexity index is 1380. The number of para-hydroxylation sites is 1. The zero-order chi connectivity index (χ0) is 28.1. The molecule has 2 aliphatic rings. The minimum absolute atomic E-state index is 0.0492. The molecule has 10 heteroatoms. The Morgan fingerprint density at radius 3 is 2.41 bits per heavy atom. The molecule has 2 fully saturated rings. The summed E-state index contributed by atoms with van der Waals surface area (Å²) >= 11 is 1.32. The number of benzene rings is 2. The first-order valence-electron chi connectivity index (χ1n) is 13.0. The Kier molecular flexibility index (Phi) is 9.08. The highest BCUT2D eigenvalue weighted by Gasteiger charge is 2.23. The Hall–Kier alpha value is -3.63. The minimum Gasteiger partial charge on any atom is -0.396 e. The number of anilines is 2. The standard InChI is InChI=1S/C25H27FN6OS.C4H9N/c1-14-22(34-19-8-17(12-28)23(29)20(26)9-19)10-21(32(14)2)25(33)30-13-16-5-3-4-15(11-27)24(16)31-18-6-7-18;1-5-4-2-3-4/h3-5,8-12,18,27-28,31H,6-7,13,29H2,1-2H3,(H,30,33);4-5H,2-3H2,1H3. The van der Waals surface area contributed by atoms with Gasteiger partial charge in [-0.3, -0.25) is 4.79 Å². The molecule has 0 bridgehead atoms. The van der Waals surface area contributed by atoms with Crippen molar-refractivity contribution in [3.63, 3.8) is 0 Å². The summed E-state index contributed by atoms with van der Waals surface area (Å²) in [5.41, 5.74) is 9.93. The number of nitrogen functional groups attached to an aromatic ring is 1. The number of aromatic nitrogens is 1. The number of hydrogen-bond donors (Lipinski definition) is 6. The van der Waals surface area contributed by atoms with Crippen LogP contribution in [-0.2, 0) is 13.6 Å². The van der Waals surface area contributed by atoms with E-state index in [1.54, 1.807) is 16.7 Å². The molecule has 2 saturated carbocycles. The molecule has 206 valence electrons. The van der Waals surface area contributed by atoms with Gasteiger partial charge in [0.1, 0.15) is 11.5 Å². The van der Waals surface area contributed by atoms with Crippen molar-refractivity contribution >= 4 is 41.5 Å².